The molecule has 0 spiro atoms. The van der Waals surface area contributed by atoms with Gasteiger partial charge in [-0.15, -0.1) is 5.10 Å². The molecule has 0 saturated heterocycles. The van der Waals surface area contributed by atoms with Gasteiger partial charge in [0.2, 0.25) is 5.89 Å². The van der Waals surface area contributed by atoms with Crippen LogP contribution in [0.3, 0.4) is 0 Å². The summed E-state index contributed by atoms with van der Waals surface area (Å²) in [6, 6.07) is 10.6. The van der Waals surface area contributed by atoms with Gasteiger partial charge in [-0.3, -0.25) is 0 Å². The van der Waals surface area contributed by atoms with Crippen molar-refractivity contribution in [1.82, 2.24) is 9.78 Å². The molecule has 0 fully saturated rings. The Balaban J connectivity index is 1.63. The zero-order chi connectivity index (χ0) is 17.8. The number of ether oxygens (including phenoxy) is 1. The first-order valence-corrected chi connectivity index (χ1v) is 7.41. The average molecular weight is 348 g/mol. The minimum absolute atomic E-state index is 0.0247. The molecule has 0 amide bonds. The molecule has 8 heteroatoms. The summed E-state index contributed by atoms with van der Waals surface area (Å²) in [5.41, 5.74) is 0.439. The molecule has 130 valence electrons. The third kappa shape index (κ3) is 4.30. The number of nitrogens with zero attached hydrogens (tertiary/aromatic N) is 2. The molecule has 0 saturated carbocycles. The van der Waals surface area contributed by atoms with Gasteiger partial charge >= 0.3 is 5.76 Å². The molecule has 3 rings (SSSR count). The highest BCUT2D eigenvalue weighted by Gasteiger charge is 2.14. The Hall–Kier alpha value is -3.00. The average Bonchev–Trinajstić information content (AvgIpc) is 2.95. The standard InChI is InChI=1S/C17H14F2N2O4/c18-12-3-1-11(2-4-12)16-20-21(17(23)25-16)9-14(22)10-24-15-7-5-13(19)6-8-15/h1-8,14,22H,9-10H2. The molecule has 1 aromatic heterocycles. The maximum absolute atomic E-state index is 12.9. The Morgan fingerprint density at radius 2 is 1.68 bits per heavy atom. The van der Waals surface area contributed by atoms with E-state index < -0.39 is 23.5 Å². The fourth-order valence-corrected chi connectivity index (χ4v) is 2.11. The minimum atomic E-state index is -1.03. The van der Waals surface area contributed by atoms with E-state index in [-0.39, 0.29) is 19.0 Å². The Morgan fingerprint density at radius 3 is 2.32 bits per heavy atom. The first-order valence-electron chi connectivity index (χ1n) is 7.41. The molecule has 0 radical (unpaired) electrons. The number of aromatic nitrogens is 2. The van der Waals surface area contributed by atoms with Crippen LogP contribution < -0.4 is 10.5 Å². The van der Waals surface area contributed by atoms with Gasteiger partial charge in [-0.05, 0) is 48.5 Å². The van der Waals surface area contributed by atoms with E-state index in [4.69, 9.17) is 9.15 Å². The lowest BCUT2D eigenvalue weighted by Crippen LogP contribution is -2.29. The fraction of sp³-hybridized carbons (Fsp3) is 0.176. The van der Waals surface area contributed by atoms with Crippen LogP contribution in [-0.4, -0.2) is 27.6 Å². The van der Waals surface area contributed by atoms with Crippen LogP contribution in [0.25, 0.3) is 11.5 Å². The van der Waals surface area contributed by atoms with E-state index in [9.17, 15) is 18.7 Å². The van der Waals surface area contributed by atoms with Gasteiger partial charge in [0.15, 0.2) is 0 Å². The SMILES string of the molecule is O=c1oc(-c2ccc(F)cc2)nn1CC(O)COc1ccc(F)cc1. The van der Waals surface area contributed by atoms with Crippen LogP contribution in [0.4, 0.5) is 8.78 Å². The van der Waals surface area contributed by atoms with Crippen molar-refractivity contribution in [2.45, 2.75) is 12.6 Å². The smallest absolute Gasteiger partial charge is 0.437 e. The van der Waals surface area contributed by atoms with Crippen molar-refractivity contribution in [3.8, 4) is 17.2 Å². The lowest BCUT2D eigenvalue weighted by molar-refractivity contribution is 0.0875. The van der Waals surface area contributed by atoms with Gasteiger partial charge in [-0.25, -0.2) is 13.6 Å². The van der Waals surface area contributed by atoms with Gasteiger partial charge in [-0.2, -0.15) is 4.68 Å². The van der Waals surface area contributed by atoms with Gasteiger partial charge in [0, 0.05) is 5.56 Å². The van der Waals surface area contributed by atoms with Crippen LogP contribution in [0.2, 0.25) is 0 Å². The molecule has 0 aliphatic rings. The monoisotopic (exact) mass is 348 g/mol. The first kappa shape index (κ1) is 16.8. The van der Waals surface area contributed by atoms with Crippen LogP contribution in [0.5, 0.6) is 5.75 Å². The molecule has 0 aliphatic heterocycles. The maximum atomic E-state index is 12.9. The molecule has 25 heavy (non-hydrogen) atoms. The van der Waals surface area contributed by atoms with E-state index in [2.05, 4.69) is 5.10 Å². The number of aliphatic hydroxyl groups is 1. The van der Waals surface area contributed by atoms with Crippen molar-refractivity contribution in [3.63, 3.8) is 0 Å². The quantitative estimate of drug-likeness (QED) is 0.739. The fourth-order valence-electron chi connectivity index (χ4n) is 2.11. The van der Waals surface area contributed by atoms with Gasteiger partial charge in [0.25, 0.3) is 0 Å². The van der Waals surface area contributed by atoms with Crippen LogP contribution in [0.15, 0.2) is 57.7 Å². The molecular weight excluding hydrogens is 334 g/mol. The second kappa shape index (κ2) is 7.27. The summed E-state index contributed by atoms with van der Waals surface area (Å²) < 4.78 is 37.0. The normalized spacial score (nSPS) is 12.1. The lowest BCUT2D eigenvalue weighted by Gasteiger charge is -2.11. The Labute approximate surface area is 140 Å². The summed E-state index contributed by atoms with van der Waals surface area (Å²) >= 11 is 0. The van der Waals surface area contributed by atoms with Gasteiger partial charge in [0.1, 0.15) is 30.1 Å². The number of hydrogen-bond acceptors (Lipinski definition) is 5. The minimum Gasteiger partial charge on any atom is -0.491 e. The molecule has 2 aromatic carbocycles. The zero-order valence-electron chi connectivity index (χ0n) is 12.9. The molecule has 0 aliphatic carbocycles. The lowest BCUT2D eigenvalue weighted by atomic mass is 10.2. The van der Waals surface area contributed by atoms with E-state index in [1.807, 2.05) is 0 Å². The van der Waals surface area contributed by atoms with Crippen molar-refractivity contribution in [2.24, 2.45) is 0 Å². The van der Waals surface area contributed by atoms with Gasteiger partial charge in [-0.1, -0.05) is 0 Å². The third-order valence-electron chi connectivity index (χ3n) is 3.34. The molecule has 1 heterocycles. The summed E-state index contributed by atoms with van der Waals surface area (Å²) in [6.45, 7) is -0.262. The zero-order valence-corrected chi connectivity index (χ0v) is 12.9. The van der Waals surface area contributed by atoms with Crippen LogP contribution >= 0.6 is 0 Å². The Kier molecular flexibility index (Phi) is 4.90. The molecule has 6 nitrogen and oxygen atoms in total. The molecule has 3 aromatic rings. The van der Waals surface area contributed by atoms with E-state index >= 15 is 0 Å². The second-order valence-electron chi connectivity index (χ2n) is 5.28. The van der Waals surface area contributed by atoms with Crippen molar-refractivity contribution in [2.75, 3.05) is 6.61 Å². The third-order valence-corrected chi connectivity index (χ3v) is 3.34. The molecule has 1 N–H and O–H groups in total. The van der Waals surface area contributed by atoms with Crippen LogP contribution in [-0.2, 0) is 6.54 Å². The van der Waals surface area contributed by atoms with Crippen LogP contribution in [0, 0.1) is 11.6 Å². The summed E-state index contributed by atoms with van der Waals surface area (Å²) in [7, 11) is 0. The number of halogens is 2. The highest BCUT2D eigenvalue weighted by Crippen LogP contribution is 2.16. The predicted octanol–water partition coefficient (Wildman–Crippen LogP) is 2.22. The number of rotatable bonds is 6. The summed E-state index contributed by atoms with van der Waals surface area (Å²) in [6.07, 6.45) is -1.03. The van der Waals surface area contributed by atoms with Crippen molar-refractivity contribution >= 4 is 0 Å². The molecule has 0 bridgehead atoms. The van der Waals surface area contributed by atoms with E-state index in [1.165, 1.54) is 48.5 Å². The Bertz CT molecular complexity index is 888. The van der Waals surface area contributed by atoms with Gasteiger partial charge < -0.3 is 14.3 Å². The van der Waals surface area contributed by atoms with Crippen molar-refractivity contribution < 1.29 is 23.0 Å². The Morgan fingerprint density at radius 1 is 1.08 bits per heavy atom. The maximum Gasteiger partial charge on any atom is 0.437 e. The van der Waals surface area contributed by atoms with Gasteiger partial charge in [0.05, 0.1) is 6.54 Å². The highest BCUT2D eigenvalue weighted by molar-refractivity contribution is 5.51. The number of hydrogen-bond donors (Lipinski definition) is 1. The van der Waals surface area contributed by atoms with Crippen molar-refractivity contribution in [1.29, 1.82) is 0 Å². The molecule has 1 atom stereocenters. The van der Waals surface area contributed by atoms with Crippen molar-refractivity contribution in [3.05, 3.63) is 70.7 Å². The predicted molar refractivity (Wildman–Crippen MR) is 84.1 cm³/mol. The summed E-state index contributed by atoms with van der Waals surface area (Å²) in [5.74, 6) is -1.15. The second-order valence-corrected chi connectivity index (χ2v) is 5.28. The van der Waals surface area contributed by atoms with E-state index in [0.29, 0.717) is 11.3 Å². The topological polar surface area (TPSA) is 77.5 Å². The van der Waals surface area contributed by atoms with E-state index in [0.717, 1.165) is 4.68 Å². The largest absolute Gasteiger partial charge is 0.491 e. The first-order chi connectivity index (χ1) is 12.0. The molecule has 1 unspecified atom stereocenters. The molecular formula is C17H14F2N2O4. The van der Waals surface area contributed by atoms with Crippen LogP contribution in [0.1, 0.15) is 0 Å². The summed E-state index contributed by atoms with van der Waals surface area (Å²) in [4.78, 5) is 11.8. The highest BCUT2D eigenvalue weighted by atomic mass is 19.1. The number of benzene rings is 2. The summed E-state index contributed by atoms with van der Waals surface area (Å²) in [5, 5.41) is 13.9. The number of aliphatic hydroxyl groups excluding tert-OH is 1. The van der Waals surface area contributed by atoms with E-state index in [1.54, 1.807) is 0 Å².